The van der Waals surface area contributed by atoms with E-state index < -0.39 is 66.6 Å². The molecule has 3 aliphatic heterocycles. The standard InChI is InChI=1S/C18H21F3N6O6/c19-18(20,21)8-3-1-7(2-4-8)13(30)33-12-10(6-29)27-15(23)24-9(5-28)11-16(27,17(12,31)32)26-14(22)25-11/h1-4,9-12,28-29,31-32H,5-6H2,(H2,23,24)(H3,22,25,26)/t9-,10+,11?,12-,16?/m0/s1. The summed E-state index contributed by atoms with van der Waals surface area (Å²) in [7, 11) is 0. The number of ether oxygens (including phenoxy) is 1. The van der Waals surface area contributed by atoms with Crippen LogP contribution in [0.4, 0.5) is 13.2 Å². The number of benzene rings is 1. The second kappa shape index (κ2) is 7.44. The summed E-state index contributed by atoms with van der Waals surface area (Å²) >= 11 is 0. The van der Waals surface area contributed by atoms with Crippen molar-refractivity contribution in [3.05, 3.63) is 35.4 Å². The number of hydrogen-bond donors (Lipinski definition) is 7. The van der Waals surface area contributed by atoms with Crippen LogP contribution in [0.3, 0.4) is 0 Å². The number of carbonyl (C=O) groups excluding carboxylic acids is 1. The highest BCUT2D eigenvalue weighted by Gasteiger charge is 2.77. The quantitative estimate of drug-likeness (QED) is 0.177. The average Bonchev–Trinajstić information content (AvgIpc) is 3.20. The van der Waals surface area contributed by atoms with Gasteiger partial charge in [0, 0.05) is 0 Å². The predicted octanol–water partition coefficient (Wildman–Crippen LogP) is -2.74. The number of aliphatic hydroxyl groups excluding tert-OH is 2. The molecule has 0 aromatic heterocycles. The topological polar surface area (TPSA) is 199 Å². The van der Waals surface area contributed by atoms with Gasteiger partial charge in [-0.25, -0.2) is 14.8 Å². The van der Waals surface area contributed by atoms with E-state index in [0.717, 1.165) is 17.0 Å². The molecule has 0 radical (unpaired) electrons. The fourth-order valence-electron chi connectivity index (χ4n) is 4.59. The van der Waals surface area contributed by atoms with Gasteiger partial charge in [-0.3, -0.25) is 0 Å². The minimum absolute atomic E-state index is 0.243. The Kier molecular flexibility index (Phi) is 5.19. The maximum Gasteiger partial charge on any atom is 0.416 e. The predicted molar refractivity (Wildman–Crippen MR) is 104 cm³/mol. The third-order valence-corrected chi connectivity index (χ3v) is 6.01. The minimum Gasteiger partial charge on any atom is -0.451 e. The SMILES string of the molecule is NC1=NC2[C@H](CO)N=C(N)N3[C@H](CO)[C@H](OC(=O)c4ccc(C(F)(F)F)cc4)C(O)(O)C23N1. The normalized spacial score (nSPS) is 32.4. The van der Waals surface area contributed by atoms with Crippen LogP contribution in [0, 0.1) is 0 Å². The van der Waals surface area contributed by atoms with Crippen LogP contribution in [0.2, 0.25) is 0 Å². The molecule has 0 amide bonds. The van der Waals surface area contributed by atoms with Crippen LogP contribution >= 0.6 is 0 Å². The number of esters is 1. The lowest BCUT2D eigenvalue weighted by Crippen LogP contribution is -2.78. The van der Waals surface area contributed by atoms with Gasteiger partial charge in [0.2, 0.25) is 5.79 Å². The first-order valence-electron chi connectivity index (χ1n) is 9.67. The van der Waals surface area contributed by atoms with Gasteiger partial charge in [0.15, 0.2) is 23.7 Å². The Morgan fingerprint density at radius 1 is 1.15 bits per heavy atom. The largest absolute Gasteiger partial charge is 0.451 e. The summed E-state index contributed by atoms with van der Waals surface area (Å²) in [6.45, 7) is -1.39. The summed E-state index contributed by atoms with van der Waals surface area (Å²) in [6, 6.07) is -0.538. The number of alkyl halides is 3. The lowest BCUT2D eigenvalue weighted by atomic mass is 9.86. The summed E-state index contributed by atoms with van der Waals surface area (Å²) < 4.78 is 43.6. The minimum atomic E-state index is -4.62. The molecule has 12 nitrogen and oxygen atoms in total. The summed E-state index contributed by atoms with van der Waals surface area (Å²) in [5.74, 6) is -4.74. The van der Waals surface area contributed by atoms with Gasteiger partial charge >= 0.3 is 12.1 Å². The molecule has 0 aliphatic carbocycles. The molecule has 2 unspecified atom stereocenters. The van der Waals surface area contributed by atoms with Gasteiger partial charge in [0.1, 0.15) is 18.1 Å². The molecule has 15 heteroatoms. The lowest BCUT2D eigenvalue weighted by molar-refractivity contribution is -0.258. The Labute approximate surface area is 184 Å². The number of aliphatic imine (C=N–C) groups is 2. The number of rotatable bonds is 4. The van der Waals surface area contributed by atoms with Crippen LogP contribution in [0.25, 0.3) is 0 Å². The fraction of sp³-hybridized carbons (Fsp3) is 0.500. The lowest BCUT2D eigenvalue weighted by Gasteiger charge is -2.48. The van der Waals surface area contributed by atoms with Gasteiger partial charge in [0.25, 0.3) is 0 Å². The zero-order valence-corrected chi connectivity index (χ0v) is 16.8. The van der Waals surface area contributed by atoms with Gasteiger partial charge in [-0.15, -0.1) is 0 Å². The third kappa shape index (κ3) is 3.18. The second-order valence-electron chi connectivity index (χ2n) is 7.83. The molecule has 9 N–H and O–H groups in total. The highest BCUT2D eigenvalue weighted by Crippen LogP contribution is 2.48. The Hall–Kier alpha value is -3.14. The van der Waals surface area contributed by atoms with Crippen molar-refractivity contribution in [2.24, 2.45) is 21.5 Å². The number of halogens is 3. The smallest absolute Gasteiger partial charge is 0.416 e. The zero-order valence-electron chi connectivity index (χ0n) is 16.8. The monoisotopic (exact) mass is 474 g/mol. The number of aliphatic hydroxyl groups is 4. The number of carbonyl (C=O) groups is 1. The van der Waals surface area contributed by atoms with Crippen LogP contribution in [0.1, 0.15) is 15.9 Å². The molecule has 1 saturated heterocycles. The van der Waals surface area contributed by atoms with Crippen molar-refractivity contribution >= 4 is 17.9 Å². The second-order valence-corrected chi connectivity index (χ2v) is 7.83. The van der Waals surface area contributed by atoms with E-state index in [0.29, 0.717) is 12.1 Å². The van der Waals surface area contributed by atoms with Gasteiger partial charge in [0.05, 0.1) is 24.3 Å². The molecular weight excluding hydrogens is 453 g/mol. The molecule has 0 saturated carbocycles. The Balaban J connectivity index is 1.70. The van der Waals surface area contributed by atoms with E-state index in [-0.39, 0.29) is 17.5 Å². The van der Waals surface area contributed by atoms with Gasteiger partial charge < -0.3 is 46.8 Å². The van der Waals surface area contributed by atoms with Crippen LogP contribution in [-0.2, 0) is 10.9 Å². The first kappa shape index (κ1) is 23.0. The van der Waals surface area contributed by atoms with Gasteiger partial charge in [-0.05, 0) is 24.3 Å². The van der Waals surface area contributed by atoms with Crippen molar-refractivity contribution in [3.8, 4) is 0 Å². The molecule has 5 atom stereocenters. The average molecular weight is 474 g/mol. The van der Waals surface area contributed by atoms with Gasteiger partial charge in [-0.1, -0.05) is 0 Å². The van der Waals surface area contributed by atoms with E-state index in [4.69, 9.17) is 16.2 Å². The zero-order chi connectivity index (χ0) is 24.3. The van der Waals surface area contributed by atoms with Crippen LogP contribution < -0.4 is 16.8 Å². The van der Waals surface area contributed by atoms with Gasteiger partial charge in [-0.2, -0.15) is 13.2 Å². The van der Waals surface area contributed by atoms with E-state index >= 15 is 0 Å². The van der Waals surface area contributed by atoms with Crippen LogP contribution in [0.5, 0.6) is 0 Å². The van der Waals surface area contributed by atoms with Crippen LogP contribution in [-0.4, -0.2) is 92.1 Å². The first-order chi connectivity index (χ1) is 15.4. The molecule has 1 spiro atoms. The highest BCUT2D eigenvalue weighted by atomic mass is 19.4. The van der Waals surface area contributed by atoms with E-state index in [2.05, 4.69) is 15.3 Å². The summed E-state index contributed by atoms with van der Waals surface area (Å²) in [5, 5.41) is 44.7. The van der Waals surface area contributed by atoms with Crippen molar-refractivity contribution in [3.63, 3.8) is 0 Å². The molecule has 3 heterocycles. The van der Waals surface area contributed by atoms with Crippen molar-refractivity contribution in [1.82, 2.24) is 10.2 Å². The maximum atomic E-state index is 12.8. The van der Waals surface area contributed by atoms with E-state index in [1.165, 1.54) is 0 Å². The Bertz CT molecular complexity index is 1020. The molecule has 3 aliphatic rings. The van der Waals surface area contributed by atoms with Crippen molar-refractivity contribution in [2.45, 2.75) is 41.9 Å². The Morgan fingerprint density at radius 2 is 1.79 bits per heavy atom. The first-order valence-corrected chi connectivity index (χ1v) is 9.67. The van der Waals surface area contributed by atoms with E-state index in [9.17, 15) is 38.4 Å². The molecule has 1 aromatic rings. The van der Waals surface area contributed by atoms with E-state index in [1.807, 2.05) is 0 Å². The molecule has 1 fully saturated rings. The van der Waals surface area contributed by atoms with Crippen molar-refractivity contribution in [2.75, 3.05) is 13.2 Å². The number of nitrogens with zero attached hydrogens (tertiary/aromatic N) is 3. The Morgan fingerprint density at radius 3 is 2.33 bits per heavy atom. The summed E-state index contributed by atoms with van der Waals surface area (Å²) in [6.07, 6.45) is -6.49. The van der Waals surface area contributed by atoms with Crippen molar-refractivity contribution < 1.29 is 43.1 Å². The molecule has 33 heavy (non-hydrogen) atoms. The fourth-order valence-corrected chi connectivity index (χ4v) is 4.59. The number of hydrogen-bond acceptors (Lipinski definition) is 12. The molecule has 180 valence electrons. The highest BCUT2D eigenvalue weighted by molar-refractivity contribution is 5.90. The van der Waals surface area contributed by atoms with Crippen LogP contribution in [0.15, 0.2) is 34.3 Å². The number of guanidine groups is 2. The number of nitrogens with one attached hydrogen (secondary N) is 1. The molecule has 1 aromatic carbocycles. The number of nitrogens with two attached hydrogens (primary N) is 2. The maximum absolute atomic E-state index is 12.8. The molecule has 0 bridgehead atoms. The summed E-state index contributed by atoms with van der Waals surface area (Å²) in [4.78, 5) is 21.9. The third-order valence-electron chi connectivity index (χ3n) is 6.01. The van der Waals surface area contributed by atoms with Crippen molar-refractivity contribution in [1.29, 1.82) is 0 Å². The molecular formula is C18H21F3N6O6. The molecule has 4 rings (SSSR count). The van der Waals surface area contributed by atoms with E-state index in [1.54, 1.807) is 0 Å². The summed E-state index contributed by atoms with van der Waals surface area (Å²) in [5.41, 5.74) is 8.38.